The Morgan fingerprint density at radius 3 is 1.32 bits per heavy atom. The maximum Gasteiger partial charge on any atom is 0.249 e. The summed E-state index contributed by atoms with van der Waals surface area (Å²) >= 11 is 0. The third kappa shape index (κ3) is 2.92. The van der Waals surface area contributed by atoms with E-state index in [4.69, 9.17) is 11.5 Å². The van der Waals surface area contributed by atoms with E-state index in [0.29, 0.717) is 22.3 Å². The van der Waals surface area contributed by atoms with Crippen LogP contribution in [0.2, 0.25) is 0 Å². The Balaban J connectivity index is 0.00000180. The van der Waals surface area contributed by atoms with Gasteiger partial charge in [0.05, 0.1) is 0 Å². The Bertz CT molecular complexity index is 571. The topological polar surface area (TPSA) is 86.2 Å². The van der Waals surface area contributed by atoms with E-state index in [0.717, 1.165) is 0 Å². The largest absolute Gasteiger partial charge is 0.366 e. The lowest BCUT2D eigenvalue weighted by atomic mass is 9.95. The Labute approximate surface area is 116 Å². The molecule has 5 heteroatoms. The van der Waals surface area contributed by atoms with E-state index >= 15 is 0 Å². The number of amides is 2. The zero-order valence-electron chi connectivity index (χ0n) is 10.00. The summed E-state index contributed by atoms with van der Waals surface area (Å²) in [4.78, 5) is 22.8. The number of rotatable bonds is 3. The van der Waals surface area contributed by atoms with Gasteiger partial charge in [0, 0.05) is 11.1 Å². The van der Waals surface area contributed by atoms with E-state index in [-0.39, 0.29) is 12.4 Å². The molecule has 0 fully saturated rings. The average molecular weight is 277 g/mol. The molecule has 4 N–H and O–H groups in total. The van der Waals surface area contributed by atoms with Gasteiger partial charge in [-0.1, -0.05) is 36.4 Å². The molecule has 0 aliphatic carbocycles. The highest BCUT2D eigenvalue weighted by molar-refractivity contribution is 6.05. The van der Waals surface area contributed by atoms with Gasteiger partial charge in [0.25, 0.3) is 0 Å². The van der Waals surface area contributed by atoms with Crippen LogP contribution in [0.5, 0.6) is 0 Å². The molecule has 19 heavy (non-hydrogen) atoms. The second-order valence-corrected chi connectivity index (χ2v) is 3.82. The predicted octanol–water partition coefficient (Wildman–Crippen LogP) is 1.97. The molecule has 0 aliphatic rings. The first-order chi connectivity index (χ1) is 8.61. The molecule has 98 valence electrons. The summed E-state index contributed by atoms with van der Waals surface area (Å²) in [6.45, 7) is 0. The number of hydrogen-bond acceptors (Lipinski definition) is 2. The number of nitrogens with two attached hydrogens (primary N) is 2. The predicted molar refractivity (Wildman–Crippen MR) is 76.2 cm³/mol. The number of carbonyl (C=O) groups excluding carboxylic acids is 2. The van der Waals surface area contributed by atoms with Crippen molar-refractivity contribution in [2.45, 2.75) is 0 Å². The van der Waals surface area contributed by atoms with Gasteiger partial charge < -0.3 is 11.5 Å². The van der Waals surface area contributed by atoms with Gasteiger partial charge in [-0.05, 0) is 23.3 Å². The van der Waals surface area contributed by atoms with Gasteiger partial charge >= 0.3 is 0 Å². The standard InChI is InChI=1S/C14H12N2O2.ClH/c15-13(17)11-7-3-1-5-9(11)10-6-2-4-8-12(10)14(16)18;/h1-8H,(H2,15,17)(H2,16,18);1H. The summed E-state index contributed by atoms with van der Waals surface area (Å²) in [7, 11) is 0. The van der Waals surface area contributed by atoms with Crippen molar-refractivity contribution < 1.29 is 9.59 Å². The summed E-state index contributed by atoms with van der Waals surface area (Å²) in [5, 5.41) is 0. The minimum absolute atomic E-state index is 0. The second-order valence-electron chi connectivity index (χ2n) is 3.82. The van der Waals surface area contributed by atoms with Crippen molar-refractivity contribution in [2.75, 3.05) is 0 Å². The molecule has 0 atom stereocenters. The number of carbonyl (C=O) groups is 2. The van der Waals surface area contributed by atoms with Gasteiger partial charge in [-0.3, -0.25) is 9.59 Å². The molecule has 0 heterocycles. The van der Waals surface area contributed by atoms with Crippen LogP contribution in [-0.2, 0) is 0 Å². The Morgan fingerprint density at radius 2 is 1.00 bits per heavy atom. The van der Waals surface area contributed by atoms with E-state index in [1.54, 1.807) is 48.5 Å². The number of hydrogen-bond donors (Lipinski definition) is 2. The third-order valence-electron chi connectivity index (χ3n) is 2.68. The highest BCUT2D eigenvalue weighted by Gasteiger charge is 2.14. The number of halogens is 1. The van der Waals surface area contributed by atoms with Crippen LogP contribution in [0.4, 0.5) is 0 Å². The van der Waals surface area contributed by atoms with Crippen molar-refractivity contribution in [3.05, 3.63) is 59.7 Å². The minimum Gasteiger partial charge on any atom is -0.366 e. The molecule has 4 nitrogen and oxygen atoms in total. The number of benzene rings is 2. The minimum atomic E-state index is -0.537. The highest BCUT2D eigenvalue weighted by Crippen LogP contribution is 2.26. The van der Waals surface area contributed by atoms with Crippen LogP contribution < -0.4 is 11.5 Å². The van der Waals surface area contributed by atoms with Gasteiger partial charge in [0.15, 0.2) is 0 Å². The van der Waals surface area contributed by atoms with Crippen LogP contribution in [0.25, 0.3) is 11.1 Å². The van der Waals surface area contributed by atoms with Crippen LogP contribution in [-0.4, -0.2) is 11.8 Å². The molecule has 0 spiro atoms. The zero-order chi connectivity index (χ0) is 13.1. The zero-order valence-corrected chi connectivity index (χ0v) is 10.8. The van der Waals surface area contributed by atoms with Crippen molar-refractivity contribution in [2.24, 2.45) is 11.5 Å². The molecule has 2 aromatic carbocycles. The molecular formula is C14H13ClN2O2. The van der Waals surface area contributed by atoms with Gasteiger partial charge in [0.2, 0.25) is 11.8 Å². The molecule has 0 radical (unpaired) electrons. The van der Waals surface area contributed by atoms with Crippen molar-refractivity contribution >= 4 is 24.2 Å². The van der Waals surface area contributed by atoms with Gasteiger partial charge in [-0.25, -0.2) is 0 Å². The Kier molecular flexibility index (Phi) is 4.67. The van der Waals surface area contributed by atoms with Crippen LogP contribution in [0.1, 0.15) is 20.7 Å². The van der Waals surface area contributed by atoms with Gasteiger partial charge in [0.1, 0.15) is 0 Å². The van der Waals surface area contributed by atoms with Crippen LogP contribution >= 0.6 is 12.4 Å². The SMILES string of the molecule is Cl.NC(=O)c1ccccc1-c1ccccc1C(N)=O. The molecular weight excluding hydrogens is 264 g/mol. The molecule has 2 aromatic rings. The molecule has 2 rings (SSSR count). The first-order valence-corrected chi connectivity index (χ1v) is 5.39. The molecule has 2 amide bonds. The van der Waals surface area contributed by atoms with E-state index < -0.39 is 11.8 Å². The maximum absolute atomic E-state index is 11.4. The first-order valence-electron chi connectivity index (χ1n) is 5.39. The lowest BCUT2D eigenvalue weighted by Gasteiger charge is -2.10. The van der Waals surface area contributed by atoms with Crippen molar-refractivity contribution in [3.8, 4) is 11.1 Å². The van der Waals surface area contributed by atoms with E-state index in [2.05, 4.69) is 0 Å². The normalized spacial score (nSPS) is 9.47. The fraction of sp³-hybridized carbons (Fsp3) is 0. The molecule has 0 unspecified atom stereocenters. The monoisotopic (exact) mass is 276 g/mol. The highest BCUT2D eigenvalue weighted by atomic mass is 35.5. The summed E-state index contributed by atoms with van der Waals surface area (Å²) in [5.41, 5.74) is 12.6. The molecule has 0 saturated heterocycles. The maximum atomic E-state index is 11.4. The third-order valence-corrected chi connectivity index (χ3v) is 2.68. The number of primary amides is 2. The second kappa shape index (κ2) is 6.02. The van der Waals surface area contributed by atoms with Crippen LogP contribution in [0.15, 0.2) is 48.5 Å². The van der Waals surface area contributed by atoms with Gasteiger partial charge in [-0.2, -0.15) is 0 Å². The van der Waals surface area contributed by atoms with Gasteiger partial charge in [-0.15, -0.1) is 12.4 Å². The van der Waals surface area contributed by atoms with Crippen molar-refractivity contribution in [3.63, 3.8) is 0 Å². The van der Waals surface area contributed by atoms with E-state index in [1.807, 2.05) is 0 Å². The summed E-state index contributed by atoms with van der Waals surface area (Å²) in [6.07, 6.45) is 0. The van der Waals surface area contributed by atoms with Crippen molar-refractivity contribution in [1.82, 2.24) is 0 Å². The van der Waals surface area contributed by atoms with E-state index in [9.17, 15) is 9.59 Å². The quantitative estimate of drug-likeness (QED) is 0.898. The van der Waals surface area contributed by atoms with Crippen LogP contribution in [0.3, 0.4) is 0 Å². The smallest absolute Gasteiger partial charge is 0.249 e. The molecule has 0 bridgehead atoms. The fourth-order valence-corrected chi connectivity index (χ4v) is 1.87. The average Bonchev–Trinajstić information content (AvgIpc) is 2.38. The lowest BCUT2D eigenvalue weighted by molar-refractivity contribution is 0.0990. The van der Waals surface area contributed by atoms with Crippen LogP contribution in [0, 0.1) is 0 Å². The first kappa shape index (κ1) is 14.7. The molecule has 0 saturated carbocycles. The molecule has 0 aromatic heterocycles. The summed E-state index contributed by atoms with van der Waals surface area (Å²) in [6, 6.07) is 13.7. The summed E-state index contributed by atoms with van der Waals surface area (Å²) in [5.74, 6) is -1.07. The van der Waals surface area contributed by atoms with E-state index in [1.165, 1.54) is 0 Å². The molecule has 0 aliphatic heterocycles. The van der Waals surface area contributed by atoms with Crippen molar-refractivity contribution in [1.29, 1.82) is 0 Å². The summed E-state index contributed by atoms with van der Waals surface area (Å²) < 4.78 is 0. The fourth-order valence-electron chi connectivity index (χ4n) is 1.87. The lowest BCUT2D eigenvalue weighted by Crippen LogP contribution is -2.15. The Hall–Kier alpha value is -2.33. The Morgan fingerprint density at radius 1 is 0.684 bits per heavy atom.